The van der Waals surface area contributed by atoms with Crippen molar-refractivity contribution in [2.45, 2.75) is 54.9 Å². The number of aryl methyl sites for hydroxylation is 1. The van der Waals surface area contributed by atoms with Crippen molar-refractivity contribution in [3.63, 3.8) is 0 Å². The third-order valence-electron chi connectivity index (χ3n) is 4.67. The van der Waals surface area contributed by atoms with Gasteiger partial charge in [-0.05, 0) is 32.1 Å². The highest BCUT2D eigenvalue weighted by Gasteiger charge is 2.38. The van der Waals surface area contributed by atoms with E-state index < -0.39 is 15.6 Å². The molecule has 3 rings (SSSR count). The van der Waals surface area contributed by atoms with Crippen LogP contribution >= 0.6 is 0 Å². The Morgan fingerprint density at radius 2 is 2.14 bits per heavy atom. The fourth-order valence-corrected chi connectivity index (χ4v) is 4.97. The zero-order valence-corrected chi connectivity index (χ0v) is 13.8. The summed E-state index contributed by atoms with van der Waals surface area (Å²) in [6, 6.07) is 0. The minimum atomic E-state index is -3.58. The summed E-state index contributed by atoms with van der Waals surface area (Å²) in [5, 5.41) is 4.40. The van der Waals surface area contributed by atoms with Crippen LogP contribution in [-0.2, 0) is 17.1 Å². The van der Waals surface area contributed by atoms with Gasteiger partial charge in [0.1, 0.15) is 4.90 Å². The number of nitrogens with one attached hydrogen (secondary N) is 1. The predicted octanol–water partition coefficient (Wildman–Crippen LogP) is 2.63. The van der Waals surface area contributed by atoms with Crippen molar-refractivity contribution in [2.24, 2.45) is 7.05 Å². The monoisotopic (exact) mass is 321 g/mol. The van der Waals surface area contributed by atoms with Gasteiger partial charge >= 0.3 is 0 Å². The Hall–Kier alpha value is -1.40. The third-order valence-corrected chi connectivity index (χ3v) is 6.27. The topological polar surface area (TPSA) is 64.0 Å². The first-order valence-electron chi connectivity index (χ1n) is 7.79. The molecule has 5 nitrogen and oxygen atoms in total. The maximum absolute atomic E-state index is 12.9. The molecule has 1 fully saturated rings. The molecule has 120 valence electrons. The zero-order chi connectivity index (χ0) is 15.8. The number of sulfonamides is 1. The lowest BCUT2D eigenvalue weighted by atomic mass is 9.83. The van der Waals surface area contributed by atoms with Gasteiger partial charge in [0.05, 0.1) is 5.69 Å². The molecule has 0 aliphatic heterocycles. The lowest BCUT2D eigenvalue weighted by Crippen LogP contribution is -2.46. The van der Waals surface area contributed by atoms with Crippen LogP contribution in [0.15, 0.2) is 35.9 Å². The molecule has 0 atom stereocenters. The van der Waals surface area contributed by atoms with Crippen molar-refractivity contribution in [3.8, 4) is 0 Å². The van der Waals surface area contributed by atoms with Crippen LogP contribution in [0.5, 0.6) is 0 Å². The number of aromatic nitrogens is 2. The fraction of sp³-hybridized carbons (Fsp3) is 0.562. The summed E-state index contributed by atoms with van der Waals surface area (Å²) in [7, 11) is -1.80. The first-order valence-corrected chi connectivity index (χ1v) is 9.27. The molecule has 0 aromatic carbocycles. The molecule has 1 aromatic heterocycles. The molecule has 22 heavy (non-hydrogen) atoms. The average Bonchev–Trinajstić information content (AvgIpc) is 2.95. The second-order valence-corrected chi connectivity index (χ2v) is 8.09. The van der Waals surface area contributed by atoms with Gasteiger partial charge in [-0.1, -0.05) is 24.6 Å². The number of hydrogen-bond donors (Lipinski definition) is 1. The first kappa shape index (κ1) is 15.5. The smallest absolute Gasteiger partial charge is 0.244 e. The fourth-order valence-electron chi connectivity index (χ4n) is 3.26. The highest BCUT2D eigenvalue weighted by atomic mass is 32.2. The second kappa shape index (κ2) is 5.66. The summed E-state index contributed by atoms with van der Waals surface area (Å²) in [6.45, 7) is 3.77. The lowest BCUT2D eigenvalue weighted by Gasteiger charge is -2.30. The molecule has 2 aliphatic carbocycles. The van der Waals surface area contributed by atoms with E-state index in [-0.39, 0.29) is 5.92 Å². The van der Waals surface area contributed by atoms with Gasteiger partial charge in [0.25, 0.3) is 0 Å². The molecule has 2 aliphatic rings. The van der Waals surface area contributed by atoms with Crippen LogP contribution in [0.1, 0.15) is 50.1 Å². The number of rotatable bonds is 6. The van der Waals surface area contributed by atoms with Crippen molar-refractivity contribution >= 4 is 10.0 Å². The van der Waals surface area contributed by atoms with E-state index in [0.717, 1.165) is 25.0 Å². The van der Waals surface area contributed by atoms with Crippen LogP contribution in [-0.4, -0.2) is 23.7 Å². The number of hydrogen-bond acceptors (Lipinski definition) is 3. The molecular formula is C16H23N3O2S. The normalized spacial score (nSPS) is 21.0. The molecule has 0 radical (unpaired) electrons. The van der Waals surface area contributed by atoms with Crippen LogP contribution in [0.3, 0.4) is 0 Å². The van der Waals surface area contributed by atoms with Crippen LogP contribution in [0.4, 0.5) is 0 Å². The SMILES string of the molecule is C=CCC1(NS(=O)(=O)c2cn(C)nc2C2CCC2)CC=CC1. The van der Waals surface area contributed by atoms with Crippen molar-refractivity contribution in [1.29, 1.82) is 0 Å². The van der Waals surface area contributed by atoms with Crippen LogP contribution in [0.2, 0.25) is 0 Å². The van der Waals surface area contributed by atoms with Crippen molar-refractivity contribution < 1.29 is 8.42 Å². The minimum Gasteiger partial charge on any atom is -0.274 e. The summed E-state index contributed by atoms with van der Waals surface area (Å²) < 4.78 is 30.4. The quantitative estimate of drug-likeness (QED) is 0.819. The molecule has 0 unspecified atom stereocenters. The van der Waals surface area contributed by atoms with Crippen LogP contribution < -0.4 is 4.72 Å². The summed E-state index contributed by atoms with van der Waals surface area (Å²) in [5.41, 5.74) is 0.258. The van der Waals surface area contributed by atoms with Gasteiger partial charge in [-0.15, -0.1) is 6.58 Å². The van der Waals surface area contributed by atoms with E-state index in [1.807, 2.05) is 12.2 Å². The molecule has 1 aromatic rings. The van der Waals surface area contributed by atoms with E-state index in [4.69, 9.17) is 0 Å². The Morgan fingerprint density at radius 3 is 2.68 bits per heavy atom. The highest BCUT2D eigenvalue weighted by molar-refractivity contribution is 7.89. The highest BCUT2D eigenvalue weighted by Crippen LogP contribution is 2.39. The zero-order valence-electron chi connectivity index (χ0n) is 13.0. The van der Waals surface area contributed by atoms with Gasteiger partial charge in [-0.2, -0.15) is 5.10 Å². The average molecular weight is 321 g/mol. The molecule has 0 spiro atoms. The van der Waals surface area contributed by atoms with Gasteiger partial charge in [-0.3, -0.25) is 4.68 Å². The maximum atomic E-state index is 12.9. The molecule has 1 saturated carbocycles. The van der Waals surface area contributed by atoms with Crippen molar-refractivity contribution in [1.82, 2.24) is 14.5 Å². The van der Waals surface area contributed by atoms with Crippen LogP contribution in [0, 0.1) is 0 Å². The molecule has 0 amide bonds. The summed E-state index contributed by atoms with van der Waals surface area (Å²) in [6.07, 6.45) is 12.7. The van der Waals surface area contributed by atoms with Gasteiger partial charge in [0, 0.05) is 24.7 Å². The lowest BCUT2D eigenvalue weighted by molar-refractivity contribution is 0.396. The van der Waals surface area contributed by atoms with E-state index in [1.165, 1.54) is 0 Å². The van der Waals surface area contributed by atoms with Crippen molar-refractivity contribution in [2.75, 3.05) is 0 Å². The molecule has 0 saturated heterocycles. The predicted molar refractivity (Wildman–Crippen MR) is 86.0 cm³/mol. The largest absolute Gasteiger partial charge is 0.274 e. The van der Waals surface area contributed by atoms with E-state index in [0.29, 0.717) is 24.2 Å². The van der Waals surface area contributed by atoms with E-state index >= 15 is 0 Å². The Balaban J connectivity index is 1.91. The Labute approximate surface area is 132 Å². The number of nitrogens with zero attached hydrogens (tertiary/aromatic N) is 2. The van der Waals surface area contributed by atoms with E-state index in [2.05, 4.69) is 16.4 Å². The second-order valence-electron chi connectivity index (χ2n) is 6.44. The van der Waals surface area contributed by atoms with Gasteiger partial charge in [-0.25, -0.2) is 13.1 Å². The molecule has 0 bridgehead atoms. The van der Waals surface area contributed by atoms with E-state index in [1.54, 1.807) is 24.0 Å². The molecule has 1 heterocycles. The van der Waals surface area contributed by atoms with Crippen molar-refractivity contribution in [3.05, 3.63) is 36.7 Å². The molecular weight excluding hydrogens is 298 g/mol. The first-order chi connectivity index (χ1) is 10.5. The van der Waals surface area contributed by atoms with Crippen LogP contribution in [0.25, 0.3) is 0 Å². The Kier molecular flexibility index (Phi) is 3.99. The molecule has 6 heteroatoms. The third kappa shape index (κ3) is 2.77. The van der Waals surface area contributed by atoms with E-state index in [9.17, 15) is 8.42 Å². The molecule has 1 N–H and O–H groups in total. The summed E-state index contributed by atoms with van der Waals surface area (Å²) in [4.78, 5) is 0.343. The summed E-state index contributed by atoms with van der Waals surface area (Å²) in [5.74, 6) is 0.282. The maximum Gasteiger partial charge on any atom is 0.244 e. The van der Waals surface area contributed by atoms with Gasteiger partial charge in [0.15, 0.2) is 0 Å². The minimum absolute atomic E-state index is 0.282. The standard InChI is InChI=1S/C16H23N3O2S/c1-3-9-16(10-4-5-11-16)18-22(20,21)14-12-19(2)17-15(14)13-7-6-8-13/h3-5,12-13,18H,1,6-11H2,2H3. The Morgan fingerprint density at radius 1 is 1.45 bits per heavy atom. The Bertz CT molecular complexity index is 691. The van der Waals surface area contributed by atoms with Gasteiger partial charge in [0.2, 0.25) is 10.0 Å². The van der Waals surface area contributed by atoms with Gasteiger partial charge < -0.3 is 0 Å². The summed E-state index contributed by atoms with van der Waals surface area (Å²) >= 11 is 0.